The lowest BCUT2D eigenvalue weighted by molar-refractivity contribution is -0.140. The highest BCUT2D eigenvalue weighted by molar-refractivity contribution is 6.09. The summed E-state index contributed by atoms with van der Waals surface area (Å²) in [5.74, 6) is 0.356. The largest absolute Gasteiger partial charge is 0.496 e. The minimum atomic E-state index is -0.898. The number of amides is 4. The summed E-state index contributed by atoms with van der Waals surface area (Å²) in [5.41, 5.74) is 1.08. The highest BCUT2D eigenvalue weighted by atomic mass is 16.5. The maximum Gasteiger partial charge on any atom is 0.325 e. The number of nitrogens with zero attached hydrogens (tertiary/aromatic N) is 2. The second-order valence-corrected chi connectivity index (χ2v) is 9.17. The molecule has 33 heavy (non-hydrogen) atoms. The summed E-state index contributed by atoms with van der Waals surface area (Å²) in [6, 6.07) is 16.8. The maximum absolute atomic E-state index is 13.5. The predicted molar refractivity (Wildman–Crippen MR) is 125 cm³/mol. The van der Waals surface area contributed by atoms with Crippen LogP contribution in [0.2, 0.25) is 0 Å². The van der Waals surface area contributed by atoms with E-state index in [9.17, 15) is 14.4 Å². The van der Waals surface area contributed by atoms with Crippen molar-refractivity contribution in [2.45, 2.75) is 51.2 Å². The molecule has 2 aromatic carbocycles. The van der Waals surface area contributed by atoms with Crippen LogP contribution in [0, 0.1) is 5.92 Å². The second kappa shape index (κ2) is 9.25. The van der Waals surface area contributed by atoms with Crippen LogP contribution in [0.3, 0.4) is 0 Å². The van der Waals surface area contributed by atoms with Gasteiger partial charge in [-0.1, -0.05) is 48.5 Å². The summed E-state index contributed by atoms with van der Waals surface area (Å²) in [6.45, 7) is 3.87. The van der Waals surface area contributed by atoms with Gasteiger partial charge < -0.3 is 15.0 Å². The maximum atomic E-state index is 13.5. The number of ether oxygens (including phenoxy) is 1. The van der Waals surface area contributed by atoms with E-state index in [2.05, 4.69) is 5.32 Å². The number of carbonyl (C=O) groups is 3. The molecule has 1 saturated carbocycles. The van der Waals surface area contributed by atoms with Gasteiger partial charge in [0.2, 0.25) is 5.91 Å². The fourth-order valence-electron chi connectivity index (χ4n) is 4.59. The van der Waals surface area contributed by atoms with Crippen LogP contribution in [0.4, 0.5) is 4.79 Å². The van der Waals surface area contributed by atoms with E-state index in [-0.39, 0.29) is 30.3 Å². The standard InChI is InChI=1S/C26H31N3O4/c1-18(15-20-11-7-8-12-22(20)33-3)28(16-19-9-5-4-6-10-19)23(30)17-29-24(31)26(2,21-13-14-21)27-25(29)32/h4-12,18,21H,13-17H2,1-3H3,(H,27,32). The van der Waals surface area contributed by atoms with Crippen molar-refractivity contribution < 1.29 is 19.1 Å². The van der Waals surface area contributed by atoms with Crippen molar-refractivity contribution in [3.05, 3.63) is 65.7 Å². The average molecular weight is 450 g/mol. The molecule has 2 atom stereocenters. The molecule has 2 unspecified atom stereocenters. The second-order valence-electron chi connectivity index (χ2n) is 9.17. The summed E-state index contributed by atoms with van der Waals surface area (Å²) in [6.07, 6.45) is 2.42. The molecule has 1 saturated heterocycles. The molecular weight excluding hydrogens is 418 g/mol. The molecule has 0 bridgehead atoms. The van der Waals surface area contributed by atoms with Crippen LogP contribution in [0.15, 0.2) is 54.6 Å². The third-order valence-electron chi connectivity index (χ3n) is 6.74. The van der Waals surface area contributed by atoms with Gasteiger partial charge in [0.1, 0.15) is 17.8 Å². The van der Waals surface area contributed by atoms with Crippen molar-refractivity contribution in [1.29, 1.82) is 0 Å². The highest BCUT2D eigenvalue weighted by Crippen LogP contribution is 2.42. The summed E-state index contributed by atoms with van der Waals surface area (Å²) in [7, 11) is 1.63. The number of hydrogen-bond acceptors (Lipinski definition) is 4. The van der Waals surface area contributed by atoms with Gasteiger partial charge in [-0.05, 0) is 56.2 Å². The molecule has 4 amide bonds. The molecule has 0 radical (unpaired) electrons. The Morgan fingerprint density at radius 3 is 2.48 bits per heavy atom. The zero-order valence-corrected chi connectivity index (χ0v) is 19.4. The van der Waals surface area contributed by atoms with E-state index in [1.807, 2.05) is 61.5 Å². The Hall–Kier alpha value is -3.35. The van der Waals surface area contributed by atoms with Crippen molar-refractivity contribution >= 4 is 17.8 Å². The molecule has 7 nitrogen and oxygen atoms in total. The first-order valence-corrected chi connectivity index (χ1v) is 11.4. The van der Waals surface area contributed by atoms with Crippen molar-refractivity contribution in [2.24, 2.45) is 5.92 Å². The molecular formula is C26H31N3O4. The van der Waals surface area contributed by atoms with E-state index in [0.29, 0.717) is 13.0 Å². The Balaban J connectivity index is 1.54. The highest BCUT2D eigenvalue weighted by Gasteiger charge is 2.56. The molecule has 1 N–H and O–H groups in total. The Bertz CT molecular complexity index is 1040. The van der Waals surface area contributed by atoms with E-state index in [0.717, 1.165) is 34.6 Å². The molecule has 174 valence electrons. The molecule has 2 aliphatic rings. The number of nitrogens with one attached hydrogen (secondary N) is 1. The molecule has 1 aliphatic heterocycles. The molecule has 2 aromatic rings. The number of benzene rings is 2. The average Bonchev–Trinajstić information content (AvgIpc) is 3.64. The normalized spacial score (nSPS) is 21.0. The number of urea groups is 1. The van der Waals surface area contributed by atoms with Crippen LogP contribution in [-0.2, 0) is 22.6 Å². The Morgan fingerprint density at radius 1 is 1.15 bits per heavy atom. The first-order valence-electron chi connectivity index (χ1n) is 11.4. The summed E-state index contributed by atoms with van der Waals surface area (Å²) < 4.78 is 5.48. The molecule has 2 fully saturated rings. The lowest BCUT2D eigenvalue weighted by Crippen LogP contribution is -2.48. The van der Waals surface area contributed by atoms with E-state index >= 15 is 0 Å². The fourth-order valence-corrected chi connectivity index (χ4v) is 4.59. The van der Waals surface area contributed by atoms with Gasteiger partial charge in [0.15, 0.2) is 0 Å². The zero-order valence-electron chi connectivity index (χ0n) is 19.4. The lowest BCUT2D eigenvalue weighted by atomic mass is 9.96. The summed E-state index contributed by atoms with van der Waals surface area (Å²) in [5, 5.41) is 2.82. The van der Waals surface area contributed by atoms with Crippen molar-refractivity contribution in [1.82, 2.24) is 15.1 Å². The van der Waals surface area contributed by atoms with E-state index in [1.165, 1.54) is 0 Å². The van der Waals surface area contributed by atoms with Crippen LogP contribution in [-0.4, -0.2) is 52.9 Å². The first-order chi connectivity index (χ1) is 15.8. The van der Waals surface area contributed by atoms with Gasteiger partial charge in [0.05, 0.1) is 7.11 Å². The number of carbonyl (C=O) groups excluding carboxylic acids is 3. The van der Waals surface area contributed by atoms with Crippen LogP contribution in [0.25, 0.3) is 0 Å². The SMILES string of the molecule is COc1ccccc1CC(C)N(Cc1ccccc1)C(=O)CN1C(=O)NC(C)(C2CC2)C1=O. The molecule has 0 spiro atoms. The molecule has 7 heteroatoms. The van der Waals surface area contributed by atoms with Gasteiger partial charge in [0, 0.05) is 12.6 Å². The van der Waals surface area contributed by atoms with E-state index in [1.54, 1.807) is 18.9 Å². The monoisotopic (exact) mass is 449 g/mol. The van der Waals surface area contributed by atoms with Crippen molar-refractivity contribution in [3.63, 3.8) is 0 Å². The summed E-state index contributed by atoms with van der Waals surface area (Å²) in [4.78, 5) is 42.0. The van der Waals surface area contributed by atoms with Crippen molar-refractivity contribution in [3.8, 4) is 5.75 Å². The van der Waals surface area contributed by atoms with Crippen LogP contribution in [0.5, 0.6) is 5.75 Å². The van der Waals surface area contributed by atoms with Crippen LogP contribution >= 0.6 is 0 Å². The van der Waals surface area contributed by atoms with Gasteiger partial charge in [0.25, 0.3) is 5.91 Å². The number of rotatable bonds is 9. The van der Waals surface area contributed by atoms with Gasteiger partial charge in [-0.25, -0.2) is 4.79 Å². The van der Waals surface area contributed by atoms with Crippen molar-refractivity contribution in [2.75, 3.05) is 13.7 Å². The third kappa shape index (κ3) is 4.72. The molecule has 4 rings (SSSR count). The van der Waals surface area contributed by atoms with Gasteiger partial charge >= 0.3 is 6.03 Å². The molecule has 0 aromatic heterocycles. The summed E-state index contributed by atoms with van der Waals surface area (Å²) >= 11 is 0. The van der Waals surface area contributed by atoms with Gasteiger partial charge in [-0.3, -0.25) is 14.5 Å². The quantitative estimate of drug-likeness (QED) is 0.596. The Kier molecular flexibility index (Phi) is 6.40. The molecule has 1 aliphatic carbocycles. The topological polar surface area (TPSA) is 79.0 Å². The minimum absolute atomic E-state index is 0.152. The number of methoxy groups -OCH3 is 1. The minimum Gasteiger partial charge on any atom is -0.496 e. The molecule has 1 heterocycles. The van der Waals surface area contributed by atoms with Gasteiger partial charge in [-0.2, -0.15) is 0 Å². The van der Waals surface area contributed by atoms with E-state index in [4.69, 9.17) is 4.74 Å². The number of hydrogen-bond donors (Lipinski definition) is 1. The zero-order chi connectivity index (χ0) is 23.6. The third-order valence-corrected chi connectivity index (χ3v) is 6.74. The van der Waals surface area contributed by atoms with E-state index < -0.39 is 11.6 Å². The smallest absolute Gasteiger partial charge is 0.325 e. The first kappa shape index (κ1) is 22.8. The lowest BCUT2D eigenvalue weighted by Gasteiger charge is -2.31. The Morgan fingerprint density at radius 2 is 1.82 bits per heavy atom. The number of imide groups is 1. The number of para-hydroxylation sites is 1. The predicted octanol–water partition coefficient (Wildman–Crippen LogP) is 3.38. The Labute approximate surface area is 194 Å². The fraction of sp³-hybridized carbons (Fsp3) is 0.423. The van der Waals surface area contributed by atoms with Crippen LogP contribution < -0.4 is 10.1 Å². The van der Waals surface area contributed by atoms with Gasteiger partial charge in [-0.15, -0.1) is 0 Å². The van der Waals surface area contributed by atoms with Crippen LogP contribution in [0.1, 0.15) is 37.8 Å².